The van der Waals surface area contributed by atoms with Crippen LogP contribution >= 0.6 is 11.3 Å². The lowest BCUT2D eigenvalue weighted by molar-refractivity contribution is -0.148. The van der Waals surface area contributed by atoms with Crippen molar-refractivity contribution < 1.29 is 14.7 Å². The fourth-order valence-corrected chi connectivity index (χ4v) is 2.49. The number of hydrogen-bond donors (Lipinski definition) is 2. The second-order valence-corrected chi connectivity index (χ2v) is 5.12. The van der Waals surface area contributed by atoms with Gasteiger partial charge >= 0.3 is 12.0 Å². The van der Waals surface area contributed by atoms with Crippen LogP contribution in [-0.4, -0.2) is 45.3 Å². The van der Waals surface area contributed by atoms with Crippen LogP contribution in [0.15, 0.2) is 5.51 Å². The largest absolute Gasteiger partial charge is 0.481 e. The first-order valence-electron chi connectivity index (χ1n) is 5.63. The molecule has 1 aliphatic rings. The molecular formula is C10H14N4O3S. The zero-order chi connectivity index (χ0) is 13.2. The molecule has 1 fully saturated rings. The van der Waals surface area contributed by atoms with E-state index in [2.05, 4.69) is 15.5 Å². The van der Waals surface area contributed by atoms with Gasteiger partial charge in [-0.2, -0.15) is 0 Å². The van der Waals surface area contributed by atoms with Gasteiger partial charge in [0.2, 0.25) is 5.13 Å². The van der Waals surface area contributed by atoms with Crippen LogP contribution < -0.4 is 5.32 Å². The Balaban J connectivity index is 2.00. The van der Waals surface area contributed by atoms with Gasteiger partial charge in [0.25, 0.3) is 0 Å². The van der Waals surface area contributed by atoms with Gasteiger partial charge in [-0.25, -0.2) is 4.79 Å². The number of carbonyl (C=O) groups excluding carboxylic acids is 1. The molecule has 0 radical (unpaired) electrons. The second-order valence-electron chi connectivity index (χ2n) is 4.28. The highest BCUT2D eigenvalue weighted by Gasteiger charge is 2.44. The summed E-state index contributed by atoms with van der Waals surface area (Å²) in [6, 6.07) is -0.316. The average molecular weight is 270 g/mol. The highest BCUT2D eigenvalue weighted by Crippen LogP contribution is 2.34. The van der Waals surface area contributed by atoms with Gasteiger partial charge in [0.15, 0.2) is 0 Å². The predicted molar refractivity (Wildman–Crippen MR) is 65.5 cm³/mol. The minimum atomic E-state index is -0.837. The Bertz CT molecular complexity index is 450. The first-order chi connectivity index (χ1) is 8.57. The number of hydrogen-bond acceptors (Lipinski definition) is 5. The molecule has 1 atom stereocenters. The Morgan fingerprint density at radius 3 is 2.94 bits per heavy atom. The summed E-state index contributed by atoms with van der Waals surface area (Å²) in [5.41, 5.74) is 0.714. The van der Waals surface area contributed by atoms with E-state index in [4.69, 9.17) is 0 Å². The lowest BCUT2D eigenvalue weighted by Gasteiger charge is -2.22. The third-order valence-corrected chi connectivity index (χ3v) is 3.95. The molecule has 2 N–H and O–H groups in total. The number of carbonyl (C=O) groups is 2. The molecular weight excluding hydrogens is 256 g/mol. The Labute approximate surface area is 108 Å². The molecule has 2 heterocycles. The average Bonchev–Trinajstić information content (AvgIpc) is 2.97. The van der Waals surface area contributed by atoms with Gasteiger partial charge in [-0.05, 0) is 12.8 Å². The predicted octanol–water partition coefficient (Wildman–Crippen LogP) is 1.26. The third-order valence-electron chi connectivity index (χ3n) is 3.35. The smallest absolute Gasteiger partial charge is 0.323 e. The number of aromatic nitrogens is 2. The molecule has 8 heteroatoms. The minimum absolute atomic E-state index is 0.240. The minimum Gasteiger partial charge on any atom is -0.481 e. The van der Waals surface area contributed by atoms with Crippen LogP contribution in [-0.2, 0) is 4.79 Å². The molecule has 18 heavy (non-hydrogen) atoms. The maximum Gasteiger partial charge on any atom is 0.323 e. The van der Waals surface area contributed by atoms with Crippen molar-refractivity contribution in [3.05, 3.63) is 5.51 Å². The van der Waals surface area contributed by atoms with Crippen molar-refractivity contribution in [3.8, 4) is 0 Å². The van der Waals surface area contributed by atoms with E-state index in [9.17, 15) is 14.7 Å². The van der Waals surface area contributed by atoms with Crippen LogP contribution in [0.1, 0.15) is 19.8 Å². The van der Waals surface area contributed by atoms with E-state index in [0.717, 1.165) is 0 Å². The quantitative estimate of drug-likeness (QED) is 0.862. The van der Waals surface area contributed by atoms with Crippen LogP contribution in [0.2, 0.25) is 0 Å². The Morgan fingerprint density at radius 2 is 2.44 bits per heavy atom. The lowest BCUT2D eigenvalue weighted by atomic mass is 9.84. The van der Waals surface area contributed by atoms with Crippen molar-refractivity contribution in [1.82, 2.24) is 15.1 Å². The van der Waals surface area contributed by atoms with E-state index in [-0.39, 0.29) is 12.6 Å². The monoisotopic (exact) mass is 270 g/mol. The van der Waals surface area contributed by atoms with E-state index < -0.39 is 11.4 Å². The molecule has 7 nitrogen and oxygen atoms in total. The number of amides is 2. The van der Waals surface area contributed by atoms with Gasteiger partial charge < -0.3 is 10.0 Å². The zero-order valence-corrected chi connectivity index (χ0v) is 10.7. The molecule has 1 unspecified atom stereocenters. The first kappa shape index (κ1) is 12.7. The molecule has 2 amide bonds. The summed E-state index contributed by atoms with van der Waals surface area (Å²) in [5.74, 6) is -0.837. The van der Waals surface area contributed by atoms with Crippen molar-refractivity contribution in [2.75, 3.05) is 18.4 Å². The molecule has 1 aliphatic heterocycles. The van der Waals surface area contributed by atoms with Crippen LogP contribution in [0, 0.1) is 5.41 Å². The van der Waals surface area contributed by atoms with Gasteiger partial charge in [-0.15, -0.1) is 10.2 Å². The second kappa shape index (κ2) is 4.89. The number of rotatable bonds is 3. The fraction of sp³-hybridized carbons (Fsp3) is 0.600. The standard InChI is InChI=1S/C10H14N4O3S/c1-2-10(7(15)16)3-4-14(5-10)9(17)12-8-13-11-6-18-8/h6H,2-5H2,1H3,(H,15,16)(H,12,13,17). The van der Waals surface area contributed by atoms with Crippen LogP contribution in [0.25, 0.3) is 0 Å². The summed E-state index contributed by atoms with van der Waals surface area (Å²) in [5, 5.41) is 19.6. The molecule has 2 rings (SSSR count). The van der Waals surface area contributed by atoms with Gasteiger partial charge in [0.1, 0.15) is 5.51 Å². The lowest BCUT2D eigenvalue weighted by Crippen LogP contribution is -2.38. The Hall–Kier alpha value is -1.70. The summed E-state index contributed by atoms with van der Waals surface area (Å²) >= 11 is 1.22. The maximum atomic E-state index is 11.9. The SMILES string of the molecule is CCC1(C(=O)O)CCN(C(=O)Nc2nncs2)C1. The summed E-state index contributed by atoms with van der Waals surface area (Å²) < 4.78 is 0. The number of nitrogens with zero attached hydrogens (tertiary/aromatic N) is 3. The first-order valence-corrected chi connectivity index (χ1v) is 6.51. The van der Waals surface area contributed by atoms with Crippen molar-refractivity contribution in [2.24, 2.45) is 5.41 Å². The number of aliphatic carboxylic acids is 1. The number of anilines is 1. The number of likely N-dealkylation sites (tertiary alicyclic amines) is 1. The Kier molecular flexibility index (Phi) is 3.46. The van der Waals surface area contributed by atoms with E-state index in [1.54, 1.807) is 0 Å². The van der Waals surface area contributed by atoms with Crippen molar-refractivity contribution in [2.45, 2.75) is 19.8 Å². The molecule has 0 spiro atoms. The number of carboxylic acid groups (broad SMARTS) is 1. The zero-order valence-electron chi connectivity index (χ0n) is 9.92. The number of nitrogens with one attached hydrogen (secondary N) is 1. The number of carboxylic acids is 1. The van der Waals surface area contributed by atoms with Crippen LogP contribution in [0.5, 0.6) is 0 Å². The van der Waals surface area contributed by atoms with E-state index in [1.807, 2.05) is 6.92 Å². The molecule has 1 saturated heterocycles. The van der Waals surface area contributed by atoms with Gasteiger partial charge in [0, 0.05) is 13.1 Å². The fourth-order valence-electron chi connectivity index (χ4n) is 2.06. The highest BCUT2D eigenvalue weighted by molar-refractivity contribution is 7.13. The van der Waals surface area contributed by atoms with Crippen molar-refractivity contribution >= 4 is 28.5 Å². The van der Waals surface area contributed by atoms with Crippen molar-refractivity contribution in [1.29, 1.82) is 0 Å². The molecule has 1 aromatic heterocycles. The Morgan fingerprint density at radius 1 is 1.67 bits per heavy atom. The normalized spacial score (nSPS) is 23.1. The third kappa shape index (κ3) is 2.28. The molecule has 98 valence electrons. The molecule has 0 saturated carbocycles. The summed E-state index contributed by atoms with van der Waals surface area (Å²) in [7, 11) is 0. The summed E-state index contributed by atoms with van der Waals surface area (Å²) in [6.45, 7) is 2.52. The summed E-state index contributed by atoms with van der Waals surface area (Å²) in [6.07, 6.45) is 1.01. The highest BCUT2D eigenvalue weighted by atomic mass is 32.1. The van der Waals surface area contributed by atoms with Crippen molar-refractivity contribution in [3.63, 3.8) is 0 Å². The van der Waals surface area contributed by atoms with E-state index >= 15 is 0 Å². The van der Waals surface area contributed by atoms with Crippen LogP contribution in [0.3, 0.4) is 0 Å². The van der Waals surface area contributed by atoms with Gasteiger partial charge in [0.05, 0.1) is 5.41 Å². The van der Waals surface area contributed by atoms with Crippen LogP contribution in [0.4, 0.5) is 9.93 Å². The summed E-state index contributed by atoms with van der Waals surface area (Å²) in [4.78, 5) is 24.7. The topological polar surface area (TPSA) is 95.4 Å². The molecule has 0 aliphatic carbocycles. The molecule has 1 aromatic rings. The van der Waals surface area contributed by atoms with E-state index in [0.29, 0.717) is 24.5 Å². The molecule has 0 aromatic carbocycles. The number of urea groups is 1. The van der Waals surface area contributed by atoms with Gasteiger partial charge in [-0.3, -0.25) is 10.1 Å². The van der Waals surface area contributed by atoms with E-state index in [1.165, 1.54) is 21.7 Å². The molecule has 0 bridgehead atoms. The maximum absolute atomic E-state index is 11.9. The van der Waals surface area contributed by atoms with Gasteiger partial charge in [-0.1, -0.05) is 18.3 Å².